The number of halogens is 3. The molecule has 0 saturated heterocycles. The van der Waals surface area contributed by atoms with Crippen LogP contribution in [0.5, 0.6) is 0 Å². The lowest BCUT2D eigenvalue weighted by atomic mass is 10.1. The Morgan fingerprint density at radius 3 is 2.63 bits per heavy atom. The molecule has 2 rings (SSSR count). The second kappa shape index (κ2) is 6.19. The lowest BCUT2D eigenvalue weighted by molar-refractivity contribution is 0.520. The fraction of sp³-hybridized carbons (Fsp3) is 0.500. The highest BCUT2D eigenvalue weighted by Crippen LogP contribution is 2.30. The van der Waals surface area contributed by atoms with Gasteiger partial charge in [0, 0.05) is 16.9 Å². The number of benzene rings is 1. The quantitative estimate of drug-likeness (QED) is 0.848. The van der Waals surface area contributed by atoms with Gasteiger partial charge in [0.25, 0.3) is 0 Å². The predicted molar refractivity (Wildman–Crippen MR) is 78.6 cm³/mol. The fourth-order valence-electron chi connectivity index (χ4n) is 2.19. The Morgan fingerprint density at radius 1 is 1.26 bits per heavy atom. The monoisotopic (exact) mass is 341 g/mol. The molecule has 1 N–H and O–H groups in total. The molecule has 19 heavy (non-hydrogen) atoms. The maximum atomic E-state index is 12.2. The Labute approximate surface area is 128 Å². The van der Waals surface area contributed by atoms with E-state index < -0.39 is 10.0 Å². The second-order valence-corrected chi connectivity index (χ2v) is 7.90. The van der Waals surface area contributed by atoms with Gasteiger partial charge in [0.05, 0.1) is 5.02 Å². The highest BCUT2D eigenvalue weighted by atomic mass is 35.5. The van der Waals surface area contributed by atoms with Gasteiger partial charge in [-0.1, -0.05) is 23.2 Å². The number of alkyl halides is 1. The molecule has 1 aromatic rings. The molecular formula is C12H14Cl3NO2S. The van der Waals surface area contributed by atoms with E-state index in [4.69, 9.17) is 34.8 Å². The third-order valence-electron chi connectivity index (χ3n) is 3.22. The summed E-state index contributed by atoms with van der Waals surface area (Å²) >= 11 is 17.7. The van der Waals surface area contributed by atoms with Crippen LogP contribution in [0.3, 0.4) is 0 Å². The van der Waals surface area contributed by atoms with Gasteiger partial charge in [-0.3, -0.25) is 0 Å². The summed E-state index contributed by atoms with van der Waals surface area (Å²) in [6.45, 7) is 0.383. The lowest BCUT2D eigenvalue weighted by Gasteiger charge is -2.12. The van der Waals surface area contributed by atoms with E-state index in [0.29, 0.717) is 11.6 Å². The molecule has 0 bridgehead atoms. The third kappa shape index (κ3) is 3.99. The van der Waals surface area contributed by atoms with Gasteiger partial charge in [-0.15, -0.1) is 11.6 Å². The predicted octanol–water partition coefficient (Wildman–Crippen LogP) is 3.68. The van der Waals surface area contributed by atoms with Gasteiger partial charge in [-0.05, 0) is 43.4 Å². The Hall–Kier alpha value is -0.000000000000000167. The minimum absolute atomic E-state index is 0.0158. The SMILES string of the molecule is O=S(=O)(NCC1CCC(Cl)C1)c1cc(Cl)ccc1Cl. The molecule has 1 aromatic carbocycles. The average molecular weight is 343 g/mol. The highest BCUT2D eigenvalue weighted by molar-refractivity contribution is 7.89. The molecule has 1 aliphatic rings. The minimum Gasteiger partial charge on any atom is -0.211 e. The number of nitrogens with one attached hydrogen (secondary N) is 1. The van der Waals surface area contributed by atoms with E-state index >= 15 is 0 Å². The van der Waals surface area contributed by atoms with E-state index in [9.17, 15) is 8.42 Å². The smallest absolute Gasteiger partial charge is 0.211 e. The van der Waals surface area contributed by atoms with Crippen LogP contribution in [0.2, 0.25) is 10.0 Å². The van der Waals surface area contributed by atoms with Crippen molar-refractivity contribution < 1.29 is 8.42 Å². The van der Waals surface area contributed by atoms with Crippen molar-refractivity contribution in [1.29, 1.82) is 0 Å². The van der Waals surface area contributed by atoms with Gasteiger partial charge in [0.15, 0.2) is 0 Å². The van der Waals surface area contributed by atoms with Crippen LogP contribution in [-0.4, -0.2) is 20.3 Å². The average Bonchev–Trinajstić information content (AvgIpc) is 2.76. The molecule has 0 aromatic heterocycles. The van der Waals surface area contributed by atoms with E-state index in [-0.39, 0.29) is 21.2 Å². The summed E-state index contributed by atoms with van der Waals surface area (Å²) in [6, 6.07) is 4.38. The van der Waals surface area contributed by atoms with Crippen molar-refractivity contribution in [1.82, 2.24) is 4.72 Å². The Bertz CT molecular complexity index is 562. The van der Waals surface area contributed by atoms with Crippen molar-refractivity contribution >= 4 is 44.8 Å². The van der Waals surface area contributed by atoms with Gasteiger partial charge in [-0.2, -0.15) is 0 Å². The summed E-state index contributed by atoms with van der Waals surface area (Å²) in [5.74, 6) is 0.287. The topological polar surface area (TPSA) is 46.2 Å². The molecule has 1 fully saturated rings. The van der Waals surface area contributed by atoms with Crippen LogP contribution in [0.4, 0.5) is 0 Å². The van der Waals surface area contributed by atoms with Gasteiger partial charge in [0.1, 0.15) is 4.90 Å². The van der Waals surface area contributed by atoms with Crippen molar-refractivity contribution in [2.24, 2.45) is 5.92 Å². The molecule has 2 atom stereocenters. The zero-order valence-corrected chi connectivity index (χ0v) is 13.2. The second-order valence-electron chi connectivity index (χ2n) is 4.70. The largest absolute Gasteiger partial charge is 0.242 e. The Balaban J connectivity index is 2.08. The summed E-state index contributed by atoms with van der Waals surface area (Å²) in [5.41, 5.74) is 0. The molecule has 106 valence electrons. The standard InChI is InChI=1S/C12H14Cl3NO2S/c13-9-2-1-8(5-9)7-16-19(17,18)12-6-10(14)3-4-11(12)15/h3-4,6,8-9,16H,1-2,5,7H2. The zero-order valence-electron chi connectivity index (χ0n) is 10.1. The Morgan fingerprint density at radius 2 is 2.00 bits per heavy atom. The molecule has 1 saturated carbocycles. The van der Waals surface area contributed by atoms with Crippen LogP contribution >= 0.6 is 34.8 Å². The number of hydrogen-bond donors (Lipinski definition) is 1. The molecule has 0 aliphatic heterocycles. The number of rotatable bonds is 4. The van der Waals surface area contributed by atoms with Crippen LogP contribution < -0.4 is 4.72 Å². The van der Waals surface area contributed by atoms with Gasteiger partial charge in [-0.25, -0.2) is 13.1 Å². The van der Waals surface area contributed by atoms with Crippen LogP contribution in [-0.2, 0) is 10.0 Å². The molecule has 1 aliphatic carbocycles. The molecule has 7 heteroatoms. The summed E-state index contributed by atoms with van der Waals surface area (Å²) < 4.78 is 26.9. The highest BCUT2D eigenvalue weighted by Gasteiger charge is 2.25. The van der Waals surface area contributed by atoms with Gasteiger partial charge >= 0.3 is 0 Å². The van der Waals surface area contributed by atoms with E-state index in [0.717, 1.165) is 19.3 Å². The first-order chi connectivity index (χ1) is 8.88. The summed E-state index contributed by atoms with van der Waals surface area (Å²) in [4.78, 5) is 0.0158. The normalized spacial score (nSPS) is 23.7. The zero-order chi connectivity index (χ0) is 14.0. The number of hydrogen-bond acceptors (Lipinski definition) is 2. The summed E-state index contributed by atoms with van der Waals surface area (Å²) in [6.07, 6.45) is 2.72. The first-order valence-corrected chi connectivity index (χ1v) is 8.65. The van der Waals surface area contributed by atoms with E-state index in [1.807, 2.05) is 0 Å². The van der Waals surface area contributed by atoms with Crippen molar-refractivity contribution in [3.05, 3.63) is 28.2 Å². The molecule has 0 heterocycles. The molecule has 0 spiro atoms. The molecule has 2 unspecified atom stereocenters. The van der Waals surface area contributed by atoms with E-state index in [2.05, 4.69) is 4.72 Å². The van der Waals surface area contributed by atoms with Crippen molar-refractivity contribution in [3.8, 4) is 0 Å². The van der Waals surface area contributed by atoms with Crippen molar-refractivity contribution in [3.63, 3.8) is 0 Å². The van der Waals surface area contributed by atoms with Crippen LogP contribution in [0, 0.1) is 5.92 Å². The summed E-state index contributed by atoms with van der Waals surface area (Å²) in [7, 11) is -3.63. The van der Waals surface area contributed by atoms with Crippen molar-refractivity contribution in [2.45, 2.75) is 29.5 Å². The molecule has 0 radical (unpaired) electrons. The van der Waals surface area contributed by atoms with E-state index in [1.54, 1.807) is 6.07 Å². The van der Waals surface area contributed by atoms with E-state index in [1.165, 1.54) is 12.1 Å². The van der Waals surface area contributed by atoms with Gasteiger partial charge in [0.2, 0.25) is 10.0 Å². The number of sulfonamides is 1. The van der Waals surface area contributed by atoms with Crippen molar-refractivity contribution in [2.75, 3.05) is 6.54 Å². The van der Waals surface area contributed by atoms with Crippen LogP contribution in [0.15, 0.2) is 23.1 Å². The maximum Gasteiger partial charge on any atom is 0.242 e. The Kier molecular flexibility index (Phi) is 5.01. The van der Waals surface area contributed by atoms with Crippen LogP contribution in [0.1, 0.15) is 19.3 Å². The van der Waals surface area contributed by atoms with Crippen LogP contribution in [0.25, 0.3) is 0 Å². The first kappa shape index (κ1) is 15.4. The lowest BCUT2D eigenvalue weighted by Crippen LogP contribution is -2.29. The molecular weight excluding hydrogens is 329 g/mol. The fourth-order valence-corrected chi connectivity index (χ4v) is 4.44. The first-order valence-electron chi connectivity index (χ1n) is 5.97. The molecule has 3 nitrogen and oxygen atoms in total. The molecule has 0 amide bonds. The third-order valence-corrected chi connectivity index (χ3v) is 5.76. The minimum atomic E-state index is -3.63. The maximum absolute atomic E-state index is 12.2. The van der Waals surface area contributed by atoms with Gasteiger partial charge < -0.3 is 0 Å². The summed E-state index contributed by atoms with van der Waals surface area (Å²) in [5, 5.41) is 0.661.